The SMILES string of the molecule is CC(=O)N(CCNC(=O)C1CCC1)c1cc(C)cc(C)c1. The Morgan fingerprint density at radius 1 is 1.19 bits per heavy atom. The zero-order valence-corrected chi connectivity index (χ0v) is 13.1. The molecule has 1 aromatic rings. The first-order valence-corrected chi connectivity index (χ1v) is 7.61. The summed E-state index contributed by atoms with van der Waals surface area (Å²) in [5.41, 5.74) is 3.17. The normalized spacial score (nSPS) is 14.4. The summed E-state index contributed by atoms with van der Waals surface area (Å²) in [6.45, 7) is 6.62. The first-order valence-electron chi connectivity index (χ1n) is 7.61. The van der Waals surface area contributed by atoms with E-state index in [0.29, 0.717) is 13.1 Å². The molecular formula is C17H24N2O2. The average Bonchev–Trinajstić information content (AvgIpc) is 2.30. The predicted molar refractivity (Wildman–Crippen MR) is 84.3 cm³/mol. The molecule has 114 valence electrons. The highest BCUT2D eigenvalue weighted by molar-refractivity contribution is 5.91. The minimum absolute atomic E-state index is 0.00195. The molecule has 4 nitrogen and oxygen atoms in total. The molecule has 2 amide bonds. The predicted octanol–water partition coefficient (Wildman–Crippen LogP) is 2.57. The number of aryl methyl sites for hydroxylation is 2. The molecule has 0 unspecified atom stereocenters. The number of nitrogens with zero attached hydrogens (tertiary/aromatic N) is 1. The summed E-state index contributed by atoms with van der Waals surface area (Å²) in [6, 6.07) is 6.09. The van der Waals surface area contributed by atoms with Gasteiger partial charge in [-0.3, -0.25) is 9.59 Å². The molecule has 21 heavy (non-hydrogen) atoms. The fourth-order valence-electron chi connectivity index (χ4n) is 2.68. The Morgan fingerprint density at radius 3 is 2.29 bits per heavy atom. The molecule has 0 aliphatic heterocycles. The quantitative estimate of drug-likeness (QED) is 0.905. The highest BCUT2D eigenvalue weighted by atomic mass is 16.2. The third kappa shape index (κ3) is 4.06. The smallest absolute Gasteiger partial charge is 0.223 e. The first-order chi connectivity index (χ1) is 9.97. The Kier molecular flexibility index (Phi) is 4.99. The molecule has 0 atom stereocenters. The molecular weight excluding hydrogens is 264 g/mol. The van der Waals surface area contributed by atoms with Gasteiger partial charge in [0.15, 0.2) is 0 Å². The lowest BCUT2D eigenvalue weighted by atomic mass is 9.85. The number of carbonyl (C=O) groups excluding carboxylic acids is 2. The van der Waals surface area contributed by atoms with Crippen LogP contribution >= 0.6 is 0 Å². The van der Waals surface area contributed by atoms with Gasteiger partial charge in [0.05, 0.1) is 0 Å². The van der Waals surface area contributed by atoms with Crippen LogP contribution in [0.5, 0.6) is 0 Å². The zero-order valence-electron chi connectivity index (χ0n) is 13.1. The first kappa shape index (κ1) is 15.5. The van der Waals surface area contributed by atoms with E-state index in [4.69, 9.17) is 0 Å². The van der Waals surface area contributed by atoms with E-state index in [1.165, 1.54) is 0 Å². The minimum Gasteiger partial charge on any atom is -0.354 e. The van der Waals surface area contributed by atoms with Crippen LogP contribution in [0.25, 0.3) is 0 Å². The van der Waals surface area contributed by atoms with Crippen LogP contribution < -0.4 is 10.2 Å². The number of benzene rings is 1. The average molecular weight is 288 g/mol. The van der Waals surface area contributed by atoms with Crippen molar-refractivity contribution in [3.05, 3.63) is 29.3 Å². The van der Waals surface area contributed by atoms with E-state index >= 15 is 0 Å². The molecule has 1 N–H and O–H groups in total. The van der Waals surface area contributed by atoms with Crippen molar-refractivity contribution in [1.29, 1.82) is 0 Å². The maximum atomic E-state index is 11.9. The van der Waals surface area contributed by atoms with Crippen LogP contribution in [0.3, 0.4) is 0 Å². The minimum atomic E-state index is -0.00195. The lowest BCUT2D eigenvalue weighted by Gasteiger charge is -2.26. The summed E-state index contributed by atoms with van der Waals surface area (Å²) in [7, 11) is 0. The van der Waals surface area contributed by atoms with Gasteiger partial charge in [-0.2, -0.15) is 0 Å². The largest absolute Gasteiger partial charge is 0.354 e. The van der Waals surface area contributed by atoms with Gasteiger partial charge in [0.2, 0.25) is 11.8 Å². The van der Waals surface area contributed by atoms with Gasteiger partial charge in [0.1, 0.15) is 0 Å². The third-order valence-electron chi connectivity index (χ3n) is 4.01. The van der Waals surface area contributed by atoms with Gasteiger partial charge in [0, 0.05) is 31.6 Å². The van der Waals surface area contributed by atoms with E-state index in [1.807, 2.05) is 26.0 Å². The Hall–Kier alpha value is -1.84. The summed E-state index contributed by atoms with van der Waals surface area (Å²) >= 11 is 0. The van der Waals surface area contributed by atoms with Gasteiger partial charge < -0.3 is 10.2 Å². The Labute approximate surface area is 126 Å². The molecule has 1 aromatic carbocycles. The third-order valence-corrected chi connectivity index (χ3v) is 4.01. The number of rotatable bonds is 5. The number of anilines is 1. The second-order valence-corrected chi connectivity index (χ2v) is 5.94. The molecule has 0 saturated heterocycles. The van der Waals surface area contributed by atoms with Crippen molar-refractivity contribution in [3.63, 3.8) is 0 Å². The summed E-state index contributed by atoms with van der Waals surface area (Å²) in [6.07, 6.45) is 3.15. The highest BCUT2D eigenvalue weighted by Crippen LogP contribution is 2.26. The Balaban J connectivity index is 1.95. The summed E-state index contributed by atoms with van der Waals surface area (Å²) in [5, 5.41) is 2.94. The standard InChI is InChI=1S/C17H24N2O2/c1-12-9-13(2)11-16(10-12)19(14(3)20)8-7-18-17(21)15-5-4-6-15/h9-11,15H,4-8H2,1-3H3,(H,18,21). The van der Waals surface area contributed by atoms with E-state index in [-0.39, 0.29) is 17.7 Å². The van der Waals surface area contributed by atoms with Crippen molar-refractivity contribution in [2.24, 2.45) is 5.92 Å². The summed E-state index contributed by atoms with van der Waals surface area (Å²) < 4.78 is 0. The number of amides is 2. The lowest BCUT2D eigenvalue weighted by Crippen LogP contribution is -2.41. The number of hydrogen-bond donors (Lipinski definition) is 1. The van der Waals surface area contributed by atoms with Gasteiger partial charge in [-0.05, 0) is 49.9 Å². The van der Waals surface area contributed by atoms with E-state index in [9.17, 15) is 9.59 Å². The van der Waals surface area contributed by atoms with Crippen LogP contribution in [0.4, 0.5) is 5.69 Å². The van der Waals surface area contributed by atoms with Gasteiger partial charge in [0.25, 0.3) is 0 Å². The molecule has 0 heterocycles. The van der Waals surface area contributed by atoms with Gasteiger partial charge in [-0.15, -0.1) is 0 Å². The van der Waals surface area contributed by atoms with E-state index in [1.54, 1.807) is 11.8 Å². The molecule has 4 heteroatoms. The number of nitrogens with one attached hydrogen (secondary N) is 1. The van der Waals surface area contributed by atoms with Crippen LogP contribution in [0.15, 0.2) is 18.2 Å². The van der Waals surface area contributed by atoms with Crippen LogP contribution in [0.1, 0.15) is 37.3 Å². The van der Waals surface area contributed by atoms with Gasteiger partial charge in [-0.1, -0.05) is 12.5 Å². The number of hydrogen-bond acceptors (Lipinski definition) is 2. The van der Waals surface area contributed by atoms with Crippen molar-refractivity contribution in [1.82, 2.24) is 5.32 Å². The second kappa shape index (κ2) is 6.74. The number of carbonyl (C=O) groups is 2. The van der Waals surface area contributed by atoms with Crippen molar-refractivity contribution in [2.45, 2.75) is 40.0 Å². The molecule has 0 spiro atoms. The van der Waals surface area contributed by atoms with Crippen molar-refractivity contribution >= 4 is 17.5 Å². The molecule has 1 aliphatic rings. The summed E-state index contributed by atoms with van der Waals surface area (Å²) in [5.74, 6) is 0.320. The Bertz CT molecular complexity index is 515. The lowest BCUT2D eigenvalue weighted by molar-refractivity contribution is -0.127. The van der Waals surface area contributed by atoms with Crippen molar-refractivity contribution in [3.8, 4) is 0 Å². The van der Waals surface area contributed by atoms with E-state index in [0.717, 1.165) is 36.1 Å². The second-order valence-electron chi connectivity index (χ2n) is 5.94. The molecule has 1 fully saturated rings. The maximum Gasteiger partial charge on any atom is 0.223 e. The molecule has 1 aliphatic carbocycles. The molecule has 2 rings (SSSR count). The fraction of sp³-hybridized carbons (Fsp3) is 0.529. The zero-order chi connectivity index (χ0) is 15.4. The molecule has 1 saturated carbocycles. The highest BCUT2D eigenvalue weighted by Gasteiger charge is 2.24. The topological polar surface area (TPSA) is 49.4 Å². The van der Waals surface area contributed by atoms with Gasteiger partial charge in [-0.25, -0.2) is 0 Å². The monoisotopic (exact) mass is 288 g/mol. The molecule has 0 aromatic heterocycles. The van der Waals surface area contributed by atoms with Crippen LogP contribution in [-0.4, -0.2) is 24.9 Å². The van der Waals surface area contributed by atoms with E-state index in [2.05, 4.69) is 11.4 Å². The molecule has 0 bridgehead atoms. The van der Waals surface area contributed by atoms with E-state index < -0.39 is 0 Å². The maximum absolute atomic E-state index is 11.9. The van der Waals surface area contributed by atoms with Gasteiger partial charge >= 0.3 is 0 Å². The van der Waals surface area contributed by atoms with Crippen molar-refractivity contribution in [2.75, 3.05) is 18.0 Å². The van der Waals surface area contributed by atoms with Crippen LogP contribution in [0, 0.1) is 19.8 Å². The fourth-order valence-corrected chi connectivity index (χ4v) is 2.68. The van der Waals surface area contributed by atoms with Crippen LogP contribution in [0.2, 0.25) is 0 Å². The van der Waals surface area contributed by atoms with Crippen molar-refractivity contribution < 1.29 is 9.59 Å². The molecule has 0 radical (unpaired) electrons. The summed E-state index contributed by atoms with van der Waals surface area (Å²) in [4.78, 5) is 25.4. The van der Waals surface area contributed by atoms with Crippen LogP contribution in [-0.2, 0) is 9.59 Å². The Morgan fingerprint density at radius 2 is 1.81 bits per heavy atom.